The molecule has 3 N–H and O–H groups in total. The fourth-order valence-electron chi connectivity index (χ4n) is 2.71. The van der Waals surface area contributed by atoms with Crippen LogP contribution in [0, 0.1) is 6.92 Å². The average molecular weight is 350 g/mol. The molecule has 2 rings (SSSR count). The predicted molar refractivity (Wildman–Crippen MR) is 99.7 cm³/mol. The first kappa shape index (κ1) is 18.6. The largest absolute Gasteiger partial charge is 0.373 e. The maximum absolute atomic E-state index is 11.9. The Hall–Kier alpha value is -1.70. The number of anilines is 1. The van der Waals surface area contributed by atoms with Gasteiger partial charge in [-0.05, 0) is 45.1 Å². The van der Waals surface area contributed by atoms with E-state index in [1.54, 1.807) is 0 Å². The number of nitrogens with zero attached hydrogens (tertiary/aromatic N) is 1. The van der Waals surface area contributed by atoms with E-state index in [0.29, 0.717) is 18.1 Å². The summed E-state index contributed by atoms with van der Waals surface area (Å²) in [4.78, 5) is 14.2. The lowest BCUT2D eigenvalue weighted by atomic mass is 10.2. The molecule has 0 aliphatic carbocycles. The molecule has 6 nitrogen and oxygen atoms in total. The fraction of sp³-hybridized carbons (Fsp3) is 0.529. The monoisotopic (exact) mass is 350 g/mol. The average Bonchev–Trinajstić information content (AvgIpc) is 2.52. The number of hydrazine groups is 1. The number of thiocarbonyl (C=S) groups is 1. The van der Waals surface area contributed by atoms with Gasteiger partial charge in [-0.25, -0.2) is 0 Å². The topological polar surface area (TPSA) is 65.6 Å². The van der Waals surface area contributed by atoms with Crippen molar-refractivity contribution in [3.8, 4) is 0 Å². The molecule has 1 heterocycles. The standard InChI is InChI=1S/C17H26N4O2S/c1-12-4-6-15(7-5-12)18-17(24)20-19-16(22)8-9-21-10-13(2)23-14(3)11-21/h4-7,13-14H,8-11H2,1-3H3,(H,19,22)(H2,18,20,24)/t13-,14-/m1/s1. The number of morpholine rings is 1. The van der Waals surface area contributed by atoms with E-state index in [0.717, 1.165) is 18.8 Å². The number of hydrogen-bond acceptors (Lipinski definition) is 4. The van der Waals surface area contributed by atoms with Crippen LogP contribution in [-0.2, 0) is 9.53 Å². The summed E-state index contributed by atoms with van der Waals surface area (Å²) < 4.78 is 5.69. The molecule has 1 fully saturated rings. The highest BCUT2D eigenvalue weighted by Crippen LogP contribution is 2.10. The first-order valence-electron chi connectivity index (χ1n) is 8.22. The second kappa shape index (κ2) is 8.96. The number of ether oxygens (including phenoxy) is 1. The fourth-order valence-corrected chi connectivity index (χ4v) is 2.88. The molecule has 1 aliphatic heterocycles. The van der Waals surface area contributed by atoms with Crippen LogP contribution in [0.2, 0.25) is 0 Å². The number of amides is 1. The van der Waals surface area contributed by atoms with Gasteiger partial charge in [0.2, 0.25) is 5.91 Å². The molecule has 132 valence electrons. The van der Waals surface area contributed by atoms with Gasteiger partial charge in [0.15, 0.2) is 5.11 Å². The Balaban J connectivity index is 1.65. The summed E-state index contributed by atoms with van der Waals surface area (Å²) in [5, 5.41) is 3.38. The van der Waals surface area contributed by atoms with E-state index in [-0.39, 0.29) is 18.1 Å². The minimum Gasteiger partial charge on any atom is -0.373 e. The minimum atomic E-state index is -0.0881. The lowest BCUT2D eigenvalue weighted by molar-refractivity contribution is -0.123. The summed E-state index contributed by atoms with van der Waals surface area (Å²) in [5.41, 5.74) is 7.41. The van der Waals surface area contributed by atoms with Crippen molar-refractivity contribution in [2.24, 2.45) is 0 Å². The maximum Gasteiger partial charge on any atom is 0.239 e. The van der Waals surface area contributed by atoms with Gasteiger partial charge in [0, 0.05) is 31.7 Å². The number of hydrogen-bond donors (Lipinski definition) is 3. The first-order valence-corrected chi connectivity index (χ1v) is 8.63. The number of aryl methyl sites for hydroxylation is 1. The summed E-state index contributed by atoms with van der Waals surface area (Å²) >= 11 is 5.16. The van der Waals surface area contributed by atoms with Crippen molar-refractivity contribution in [3.05, 3.63) is 29.8 Å². The van der Waals surface area contributed by atoms with Crippen molar-refractivity contribution in [1.82, 2.24) is 15.8 Å². The lowest BCUT2D eigenvalue weighted by Gasteiger charge is -2.35. The first-order chi connectivity index (χ1) is 11.4. The Morgan fingerprint density at radius 2 is 1.83 bits per heavy atom. The third kappa shape index (κ3) is 6.43. The van der Waals surface area contributed by atoms with Crippen LogP contribution in [0.3, 0.4) is 0 Å². The molecule has 1 aromatic carbocycles. The van der Waals surface area contributed by atoms with Gasteiger partial charge in [0.1, 0.15) is 0 Å². The molecule has 1 aromatic rings. The minimum absolute atomic E-state index is 0.0881. The van der Waals surface area contributed by atoms with Gasteiger partial charge in [-0.2, -0.15) is 0 Å². The van der Waals surface area contributed by atoms with Crippen LogP contribution in [0.15, 0.2) is 24.3 Å². The van der Waals surface area contributed by atoms with Crippen LogP contribution >= 0.6 is 12.2 Å². The zero-order valence-corrected chi connectivity index (χ0v) is 15.3. The number of benzene rings is 1. The van der Waals surface area contributed by atoms with Crippen molar-refractivity contribution in [2.75, 3.05) is 25.0 Å². The number of carbonyl (C=O) groups is 1. The molecule has 1 amide bonds. The van der Waals surface area contributed by atoms with Crippen LogP contribution in [0.5, 0.6) is 0 Å². The van der Waals surface area contributed by atoms with Crippen molar-refractivity contribution < 1.29 is 9.53 Å². The number of carbonyl (C=O) groups excluding carboxylic acids is 1. The van der Waals surface area contributed by atoms with Crippen LogP contribution < -0.4 is 16.2 Å². The maximum atomic E-state index is 11.9. The molecule has 0 bridgehead atoms. The van der Waals surface area contributed by atoms with Gasteiger partial charge < -0.3 is 10.1 Å². The number of nitrogens with one attached hydrogen (secondary N) is 3. The van der Waals surface area contributed by atoms with Gasteiger partial charge >= 0.3 is 0 Å². The normalized spacial score (nSPS) is 21.1. The summed E-state index contributed by atoms with van der Waals surface area (Å²) in [6.07, 6.45) is 0.835. The van der Waals surface area contributed by atoms with E-state index in [4.69, 9.17) is 17.0 Å². The zero-order chi connectivity index (χ0) is 17.5. The van der Waals surface area contributed by atoms with E-state index in [1.807, 2.05) is 31.2 Å². The Kier molecular flexibility index (Phi) is 6.96. The smallest absolute Gasteiger partial charge is 0.239 e. The van der Waals surface area contributed by atoms with Gasteiger partial charge in [0.05, 0.1) is 12.2 Å². The third-order valence-corrected chi connectivity index (χ3v) is 3.98. The summed E-state index contributed by atoms with van der Waals surface area (Å²) in [7, 11) is 0. The molecular weight excluding hydrogens is 324 g/mol. The second-order valence-electron chi connectivity index (χ2n) is 6.26. The van der Waals surface area contributed by atoms with E-state index < -0.39 is 0 Å². The molecule has 24 heavy (non-hydrogen) atoms. The molecule has 1 aliphatic rings. The van der Waals surface area contributed by atoms with E-state index >= 15 is 0 Å². The van der Waals surface area contributed by atoms with Crippen LogP contribution in [-0.4, -0.2) is 47.8 Å². The molecule has 0 spiro atoms. The molecule has 1 saturated heterocycles. The van der Waals surface area contributed by atoms with E-state index in [1.165, 1.54) is 5.56 Å². The van der Waals surface area contributed by atoms with Crippen LogP contribution in [0.1, 0.15) is 25.8 Å². The molecule has 2 atom stereocenters. The van der Waals surface area contributed by atoms with Crippen molar-refractivity contribution in [2.45, 2.75) is 39.4 Å². The molecular formula is C17H26N4O2S. The van der Waals surface area contributed by atoms with Crippen molar-refractivity contribution in [3.63, 3.8) is 0 Å². The van der Waals surface area contributed by atoms with Crippen LogP contribution in [0.25, 0.3) is 0 Å². The predicted octanol–water partition coefficient (Wildman–Crippen LogP) is 1.81. The van der Waals surface area contributed by atoms with Gasteiger partial charge in [-0.1, -0.05) is 17.7 Å². The summed E-state index contributed by atoms with van der Waals surface area (Å²) in [6.45, 7) is 8.57. The quantitative estimate of drug-likeness (QED) is 0.569. The van der Waals surface area contributed by atoms with Gasteiger partial charge in [-0.15, -0.1) is 0 Å². The zero-order valence-electron chi connectivity index (χ0n) is 14.5. The van der Waals surface area contributed by atoms with Crippen LogP contribution in [0.4, 0.5) is 5.69 Å². The van der Waals surface area contributed by atoms with E-state index in [9.17, 15) is 4.79 Å². The lowest BCUT2D eigenvalue weighted by Crippen LogP contribution is -2.48. The third-order valence-electron chi connectivity index (χ3n) is 3.78. The van der Waals surface area contributed by atoms with Gasteiger partial charge in [0.25, 0.3) is 0 Å². The van der Waals surface area contributed by atoms with Crippen molar-refractivity contribution >= 4 is 28.9 Å². The highest BCUT2D eigenvalue weighted by molar-refractivity contribution is 7.80. The number of rotatable bonds is 4. The SMILES string of the molecule is Cc1ccc(NC(=S)NNC(=O)CCN2C[C@@H](C)O[C@H](C)C2)cc1. The molecule has 7 heteroatoms. The highest BCUT2D eigenvalue weighted by atomic mass is 32.1. The Labute approximate surface area is 148 Å². The summed E-state index contributed by atoms with van der Waals surface area (Å²) in [5.74, 6) is -0.0881. The highest BCUT2D eigenvalue weighted by Gasteiger charge is 2.22. The molecule has 0 saturated carbocycles. The van der Waals surface area contributed by atoms with E-state index in [2.05, 4.69) is 34.9 Å². The molecule has 0 aromatic heterocycles. The molecule has 0 unspecified atom stereocenters. The van der Waals surface area contributed by atoms with Crippen molar-refractivity contribution in [1.29, 1.82) is 0 Å². The van der Waals surface area contributed by atoms with Gasteiger partial charge in [-0.3, -0.25) is 20.5 Å². The second-order valence-corrected chi connectivity index (χ2v) is 6.67. The molecule has 0 radical (unpaired) electrons. The summed E-state index contributed by atoms with van der Waals surface area (Å²) in [6, 6.07) is 7.86. The Morgan fingerprint density at radius 1 is 1.21 bits per heavy atom. The Morgan fingerprint density at radius 3 is 2.46 bits per heavy atom. The Bertz CT molecular complexity index is 554.